The van der Waals surface area contributed by atoms with Gasteiger partial charge in [0.1, 0.15) is 11.2 Å². The highest BCUT2D eigenvalue weighted by molar-refractivity contribution is 7.16. The molecule has 1 amide bonds. The topological polar surface area (TPSA) is 109 Å². The molecule has 0 radical (unpaired) electrons. The molecule has 0 atom stereocenters. The molecule has 4 heterocycles. The van der Waals surface area contributed by atoms with E-state index in [1.165, 1.54) is 18.4 Å². The van der Waals surface area contributed by atoms with E-state index in [9.17, 15) is 14.7 Å². The number of rotatable bonds is 6. The summed E-state index contributed by atoms with van der Waals surface area (Å²) in [6, 6.07) is 5.04. The van der Waals surface area contributed by atoms with E-state index in [2.05, 4.69) is 15.3 Å². The van der Waals surface area contributed by atoms with E-state index >= 15 is 4.39 Å². The minimum Gasteiger partial charge on any atom is -0.434 e. The van der Waals surface area contributed by atoms with Crippen molar-refractivity contribution >= 4 is 28.1 Å². The molecule has 0 aliphatic heterocycles. The van der Waals surface area contributed by atoms with Crippen LogP contribution in [0.5, 0.6) is 11.6 Å². The van der Waals surface area contributed by atoms with Crippen LogP contribution in [0, 0.1) is 19.7 Å². The van der Waals surface area contributed by atoms with Gasteiger partial charge in [-0.2, -0.15) is 0 Å². The normalized spacial score (nSPS) is 11.9. The number of H-pyrrole nitrogens is 1. The number of halogens is 1. The van der Waals surface area contributed by atoms with Crippen molar-refractivity contribution in [1.29, 1.82) is 0 Å². The van der Waals surface area contributed by atoms with Crippen molar-refractivity contribution in [1.82, 2.24) is 19.9 Å². The minimum atomic E-state index is -1.48. The highest BCUT2D eigenvalue weighted by Gasteiger charge is 2.32. The summed E-state index contributed by atoms with van der Waals surface area (Å²) in [4.78, 5) is 33.3. The summed E-state index contributed by atoms with van der Waals surface area (Å²) in [5.74, 6) is -0.970. The second-order valence-electron chi connectivity index (χ2n) is 9.75. The smallest absolute Gasteiger partial charge is 0.274 e. The number of fused-ring (bicyclic) bond motifs is 1. The number of hydrogen-bond acceptors (Lipinski definition) is 6. The number of carbonyl (C=O) groups excluding carboxylic acids is 1. The number of amides is 1. The first kappa shape index (κ1) is 25.6. The molecule has 10 heteroatoms. The lowest BCUT2D eigenvalue weighted by atomic mass is 10.1. The SMILES string of the molecule is Cc1cc(C)nc(Oc2c(-c3cn(C)c(=O)c4[nH]c(C(=O)NC(C)C)cc34)sc(C(C)(C)O)c2F)c1. The lowest BCUT2D eigenvalue weighted by Gasteiger charge is -2.14. The first-order valence-corrected chi connectivity index (χ1v) is 12.3. The zero-order valence-corrected chi connectivity index (χ0v) is 22.1. The zero-order chi connectivity index (χ0) is 26.5. The van der Waals surface area contributed by atoms with Crippen LogP contribution in [0.1, 0.15) is 54.3 Å². The lowest BCUT2D eigenvalue weighted by Crippen LogP contribution is -2.30. The van der Waals surface area contributed by atoms with Crippen LogP contribution in [-0.2, 0) is 12.6 Å². The molecule has 0 saturated carbocycles. The summed E-state index contributed by atoms with van der Waals surface area (Å²) < 4.78 is 23.1. The van der Waals surface area contributed by atoms with Crippen molar-refractivity contribution in [3.05, 3.63) is 62.4 Å². The Hall–Kier alpha value is -3.50. The molecule has 0 aliphatic rings. The van der Waals surface area contributed by atoms with Crippen LogP contribution in [0.15, 0.2) is 29.2 Å². The standard InChI is InChI=1S/C26H29FN4O4S/c1-12(2)28-24(32)17-10-15-16(11-31(7)25(33)20(15)30-17)22-21(19(27)23(36-22)26(5,6)34)35-18-9-13(3)8-14(4)29-18/h8-12,30,34H,1-7H3,(H,28,32). The molecule has 4 aromatic heterocycles. The van der Waals surface area contributed by atoms with Crippen molar-refractivity contribution in [2.75, 3.05) is 0 Å². The Balaban J connectivity index is 1.98. The number of ether oxygens (including phenoxy) is 1. The molecule has 0 aliphatic carbocycles. The highest BCUT2D eigenvalue weighted by Crippen LogP contribution is 2.48. The number of nitrogens with zero attached hydrogens (tertiary/aromatic N) is 2. The third-order valence-electron chi connectivity index (χ3n) is 5.52. The Kier molecular flexibility index (Phi) is 6.52. The fourth-order valence-electron chi connectivity index (χ4n) is 4.00. The van der Waals surface area contributed by atoms with E-state index in [1.807, 2.05) is 33.8 Å². The summed E-state index contributed by atoms with van der Waals surface area (Å²) in [5.41, 5.74) is 0.677. The Bertz CT molecular complexity index is 1520. The zero-order valence-electron chi connectivity index (χ0n) is 21.2. The van der Waals surface area contributed by atoms with Gasteiger partial charge in [-0.05, 0) is 59.2 Å². The molecule has 4 aromatic rings. The van der Waals surface area contributed by atoms with Crippen molar-refractivity contribution < 1.29 is 19.0 Å². The molecular weight excluding hydrogens is 483 g/mol. The number of aryl methyl sites for hydroxylation is 3. The molecule has 0 bridgehead atoms. The number of thiophene rings is 1. The number of aliphatic hydroxyl groups is 1. The van der Waals surface area contributed by atoms with E-state index in [-0.39, 0.29) is 45.2 Å². The van der Waals surface area contributed by atoms with Gasteiger partial charge in [0, 0.05) is 42.0 Å². The summed E-state index contributed by atoms with van der Waals surface area (Å²) in [5, 5.41) is 13.9. The maximum atomic E-state index is 15.8. The average molecular weight is 513 g/mol. The first-order valence-electron chi connectivity index (χ1n) is 11.5. The van der Waals surface area contributed by atoms with Crippen molar-refractivity contribution in [2.24, 2.45) is 7.05 Å². The van der Waals surface area contributed by atoms with Gasteiger partial charge >= 0.3 is 0 Å². The van der Waals surface area contributed by atoms with Gasteiger partial charge in [-0.1, -0.05) is 0 Å². The van der Waals surface area contributed by atoms with Gasteiger partial charge in [0.15, 0.2) is 11.6 Å². The quantitative estimate of drug-likeness (QED) is 0.340. The molecule has 0 spiro atoms. The van der Waals surface area contributed by atoms with E-state index in [0.717, 1.165) is 16.9 Å². The second-order valence-corrected chi connectivity index (χ2v) is 10.8. The number of aromatic nitrogens is 3. The summed E-state index contributed by atoms with van der Waals surface area (Å²) in [7, 11) is 1.58. The van der Waals surface area contributed by atoms with Crippen LogP contribution < -0.4 is 15.6 Å². The molecule has 0 aromatic carbocycles. The highest BCUT2D eigenvalue weighted by atomic mass is 32.1. The minimum absolute atomic E-state index is 0.0761. The number of hydrogen-bond donors (Lipinski definition) is 3. The third-order valence-corrected chi connectivity index (χ3v) is 7.01. The van der Waals surface area contributed by atoms with Gasteiger partial charge in [-0.3, -0.25) is 9.59 Å². The van der Waals surface area contributed by atoms with Gasteiger partial charge in [-0.25, -0.2) is 9.37 Å². The Morgan fingerprint density at radius 3 is 2.58 bits per heavy atom. The number of aromatic amines is 1. The monoisotopic (exact) mass is 512 g/mol. The van der Waals surface area contributed by atoms with Crippen LogP contribution >= 0.6 is 11.3 Å². The second kappa shape index (κ2) is 9.18. The number of carbonyl (C=O) groups is 1. The molecule has 3 N–H and O–H groups in total. The van der Waals surface area contributed by atoms with Gasteiger partial charge < -0.3 is 24.7 Å². The fraction of sp³-hybridized carbons (Fsp3) is 0.346. The van der Waals surface area contributed by atoms with E-state index in [4.69, 9.17) is 4.74 Å². The van der Waals surface area contributed by atoms with Crippen molar-refractivity contribution in [3.63, 3.8) is 0 Å². The molecule has 36 heavy (non-hydrogen) atoms. The lowest BCUT2D eigenvalue weighted by molar-refractivity contribution is 0.0784. The summed E-state index contributed by atoms with van der Waals surface area (Å²) in [6.07, 6.45) is 1.57. The van der Waals surface area contributed by atoms with Crippen LogP contribution in [0.4, 0.5) is 4.39 Å². The fourth-order valence-corrected chi connectivity index (χ4v) is 5.13. The molecular formula is C26H29FN4O4S. The van der Waals surface area contributed by atoms with E-state index < -0.39 is 11.4 Å². The maximum absolute atomic E-state index is 15.8. The van der Waals surface area contributed by atoms with Crippen LogP contribution in [0.3, 0.4) is 0 Å². The van der Waals surface area contributed by atoms with E-state index in [1.54, 1.807) is 25.4 Å². The van der Waals surface area contributed by atoms with Crippen molar-refractivity contribution in [3.8, 4) is 22.1 Å². The predicted molar refractivity (Wildman–Crippen MR) is 138 cm³/mol. The Morgan fingerprint density at radius 2 is 1.97 bits per heavy atom. The molecule has 0 unspecified atom stereocenters. The molecule has 4 rings (SSSR count). The number of nitrogens with one attached hydrogen (secondary N) is 2. The molecule has 190 valence electrons. The van der Waals surface area contributed by atoms with Gasteiger partial charge in [0.2, 0.25) is 5.88 Å². The first-order chi connectivity index (χ1) is 16.8. The van der Waals surface area contributed by atoms with Gasteiger partial charge in [0.25, 0.3) is 11.5 Å². The Labute approximate surface area is 211 Å². The average Bonchev–Trinajstić information content (AvgIpc) is 3.32. The van der Waals surface area contributed by atoms with Gasteiger partial charge in [0.05, 0.1) is 15.4 Å². The molecule has 0 fully saturated rings. The van der Waals surface area contributed by atoms with Crippen LogP contribution in [0.25, 0.3) is 21.3 Å². The van der Waals surface area contributed by atoms with Gasteiger partial charge in [-0.15, -0.1) is 11.3 Å². The van der Waals surface area contributed by atoms with Crippen LogP contribution in [-0.4, -0.2) is 31.6 Å². The predicted octanol–water partition coefficient (Wildman–Crippen LogP) is 4.90. The largest absolute Gasteiger partial charge is 0.434 e. The Morgan fingerprint density at radius 1 is 1.28 bits per heavy atom. The summed E-state index contributed by atoms with van der Waals surface area (Å²) >= 11 is 1.02. The maximum Gasteiger partial charge on any atom is 0.274 e. The van der Waals surface area contributed by atoms with Crippen molar-refractivity contribution in [2.45, 2.75) is 53.2 Å². The third kappa shape index (κ3) is 4.78. The van der Waals surface area contributed by atoms with E-state index in [0.29, 0.717) is 21.5 Å². The molecule has 0 saturated heterocycles. The number of pyridine rings is 2. The van der Waals surface area contributed by atoms with Crippen LogP contribution in [0.2, 0.25) is 0 Å². The molecule has 8 nitrogen and oxygen atoms in total. The summed E-state index contributed by atoms with van der Waals surface area (Å²) in [6.45, 7) is 10.4.